The zero-order valence-corrected chi connectivity index (χ0v) is 17.4. The number of unbranched alkanes of at least 4 members (excludes halogenated alkanes) is 16. The maximum atomic E-state index is 8.72. The summed E-state index contributed by atoms with van der Waals surface area (Å²) >= 11 is 0. The van der Waals surface area contributed by atoms with Gasteiger partial charge >= 0.3 is 0 Å². The molecular weight excluding hydrogens is 292 g/mol. The van der Waals surface area contributed by atoms with Gasteiger partial charge in [-0.2, -0.15) is 0 Å². The first-order valence-electron chi connectivity index (χ1n) is 11.2. The normalized spacial score (nSPS) is 12.0. The molecule has 1 heteroatoms. The van der Waals surface area contributed by atoms with Crippen LogP contribution in [0.1, 0.15) is 136 Å². The lowest BCUT2D eigenvalue weighted by molar-refractivity contribution is 0.282. The quantitative estimate of drug-likeness (QED) is 0.250. The minimum absolute atomic E-state index is 0.372. The zero-order chi connectivity index (χ0) is 17.9. The molecule has 1 nitrogen and oxygen atoms in total. The van der Waals surface area contributed by atoms with Crippen molar-refractivity contribution in [2.45, 2.75) is 136 Å². The molecule has 0 atom stereocenters. The van der Waals surface area contributed by atoms with Gasteiger partial charge in [-0.1, -0.05) is 124 Å². The van der Waals surface area contributed by atoms with Crippen LogP contribution < -0.4 is 0 Å². The fourth-order valence-electron chi connectivity index (χ4n) is 3.42. The van der Waals surface area contributed by atoms with Crippen LogP contribution in [-0.4, -0.2) is 11.7 Å². The molecule has 0 aliphatic rings. The predicted octanol–water partition coefficient (Wildman–Crippen LogP) is 8.05. The Kier molecular flexibility index (Phi) is 17.7. The average molecular weight is 341 g/mol. The third kappa shape index (κ3) is 22.0. The molecule has 1 N–H and O–H groups in total. The van der Waals surface area contributed by atoms with Crippen molar-refractivity contribution in [1.29, 1.82) is 0 Å². The second-order valence-corrected chi connectivity index (χ2v) is 9.04. The molecular formula is C23H48O. The minimum Gasteiger partial charge on any atom is -0.396 e. The first kappa shape index (κ1) is 24.0. The molecule has 0 aliphatic carbocycles. The summed E-state index contributed by atoms with van der Waals surface area (Å²) in [6, 6.07) is 0. The monoisotopic (exact) mass is 340 g/mol. The summed E-state index contributed by atoms with van der Waals surface area (Å²) in [7, 11) is 0. The molecule has 0 aliphatic heterocycles. The summed E-state index contributed by atoms with van der Waals surface area (Å²) in [5.41, 5.74) is 0.528. The van der Waals surface area contributed by atoms with Gasteiger partial charge in [0.1, 0.15) is 0 Å². The van der Waals surface area contributed by atoms with Gasteiger partial charge in [0, 0.05) is 6.61 Å². The van der Waals surface area contributed by atoms with Crippen molar-refractivity contribution >= 4 is 0 Å². The van der Waals surface area contributed by atoms with E-state index in [9.17, 15) is 0 Å². The number of hydrogen-bond acceptors (Lipinski definition) is 1. The fraction of sp³-hybridized carbons (Fsp3) is 1.00. The first-order valence-corrected chi connectivity index (χ1v) is 11.2. The summed E-state index contributed by atoms with van der Waals surface area (Å²) in [5, 5.41) is 8.72. The molecule has 0 fully saturated rings. The molecule has 0 heterocycles. The van der Waals surface area contributed by atoms with Gasteiger partial charge in [0.2, 0.25) is 0 Å². The summed E-state index contributed by atoms with van der Waals surface area (Å²) < 4.78 is 0. The Morgan fingerprint density at radius 3 is 0.917 bits per heavy atom. The van der Waals surface area contributed by atoms with Gasteiger partial charge in [-0.05, 0) is 18.3 Å². The summed E-state index contributed by atoms with van der Waals surface area (Å²) in [6.45, 7) is 7.43. The molecule has 0 saturated heterocycles. The fourth-order valence-corrected chi connectivity index (χ4v) is 3.42. The summed E-state index contributed by atoms with van der Waals surface area (Å²) in [4.78, 5) is 0. The standard InChI is InChI=1S/C23H48O/c1-23(2,3)21-19-17-15-13-11-9-7-5-4-6-8-10-12-14-16-18-20-22-24/h24H,4-22H2,1-3H3. The highest BCUT2D eigenvalue weighted by Gasteiger charge is 2.08. The number of aliphatic hydroxyl groups is 1. The number of hydrogen-bond donors (Lipinski definition) is 1. The highest BCUT2D eigenvalue weighted by atomic mass is 16.2. The molecule has 0 unspecified atom stereocenters. The zero-order valence-electron chi connectivity index (χ0n) is 17.4. The highest BCUT2D eigenvalue weighted by molar-refractivity contribution is 4.61. The van der Waals surface area contributed by atoms with Crippen LogP contribution in [0.15, 0.2) is 0 Å². The Bertz CT molecular complexity index is 229. The van der Waals surface area contributed by atoms with Crippen LogP contribution in [0.3, 0.4) is 0 Å². The number of aliphatic hydroxyl groups excluding tert-OH is 1. The molecule has 0 radical (unpaired) electrons. The van der Waals surface area contributed by atoms with E-state index in [-0.39, 0.29) is 0 Å². The molecule has 0 bridgehead atoms. The van der Waals surface area contributed by atoms with Crippen molar-refractivity contribution in [2.75, 3.05) is 6.61 Å². The Balaban J connectivity index is 3.00. The van der Waals surface area contributed by atoms with E-state index in [1.165, 1.54) is 109 Å². The second kappa shape index (κ2) is 17.8. The van der Waals surface area contributed by atoms with Crippen LogP contribution >= 0.6 is 0 Å². The molecule has 0 aromatic heterocycles. The van der Waals surface area contributed by atoms with E-state index in [2.05, 4.69) is 20.8 Å². The van der Waals surface area contributed by atoms with E-state index in [4.69, 9.17) is 5.11 Å². The molecule has 0 saturated carbocycles. The van der Waals surface area contributed by atoms with Crippen molar-refractivity contribution in [3.8, 4) is 0 Å². The maximum absolute atomic E-state index is 8.72. The Morgan fingerprint density at radius 1 is 0.417 bits per heavy atom. The molecule has 0 aromatic carbocycles. The van der Waals surface area contributed by atoms with Crippen LogP contribution in [0.2, 0.25) is 0 Å². The third-order valence-electron chi connectivity index (χ3n) is 5.08. The average Bonchev–Trinajstić information content (AvgIpc) is 2.52. The highest BCUT2D eigenvalue weighted by Crippen LogP contribution is 2.22. The van der Waals surface area contributed by atoms with Crippen molar-refractivity contribution in [2.24, 2.45) is 5.41 Å². The third-order valence-corrected chi connectivity index (χ3v) is 5.08. The molecule has 146 valence electrons. The van der Waals surface area contributed by atoms with Crippen LogP contribution in [0.25, 0.3) is 0 Å². The minimum atomic E-state index is 0.372. The van der Waals surface area contributed by atoms with Crippen LogP contribution in [-0.2, 0) is 0 Å². The van der Waals surface area contributed by atoms with Gasteiger partial charge in [0.15, 0.2) is 0 Å². The van der Waals surface area contributed by atoms with Crippen LogP contribution in [0.5, 0.6) is 0 Å². The SMILES string of the molecule is CC(C)(C)CCCCCCCCCCCCCCCCCCCO. The Morgan fingerprint density at radius 2 is 0.667 bits per heavy atom. The number of rotatable bonds is 18. The molecule has 0 rings (SSSR count). The van der Waals surface area contributed by atoms with E-state index in [1.807, 2.05) is 0 Å². The van der Waals surface area contributed by atoms with Gasteiger partial charge in [0.25, 0.3) is 0 Å². The van der Waals surface area contributed by atoms with Crippen molar-refractivity contribution in [3.05, 3.63) is 0 Å². The van der Waals surface area contributed by atoms with Gasteiger partial charge in [-0.3, -0.25) is 0 Å². The first-order chi connectivity index (χ1) is 11.6. The van der Waals surface area contributed by atoms with E-state index in [0.29, 0.717) is 12.0 Å². The van der Waals surface area contributed by atoms with Crippen LogP contribution in [0, 0.1) is 5.41 Å². The maximum Gasteiger partial charge on any atom is 0.0431 e. The van der Waals surface area contributed by atoms with Crippen molar-refractivity contribution in [3.63, 3.8) is 0 Å². The Hall–Kier alpha value is -0.0400. The largest absolute Gasteiger partial charge is 0.396 e. The van der Waals surface area contributed by atoms with E-state index in [1.54, 1.807) is 0 Å². The summed E-state index contributed by atoms with van der Waals surface area (Å²) in [6.07, 6.45) is 25.1. The summed E-state index contributed by atoms with van der Waals surface area (Å²) in [5.74, 6) is 0. The predicted molar refractivity (Wildman–Crippen MR) is 110 cm³/mol. The van der Waals surface area contributed by atoms with E-state index < -0.39 is 0 Å². The topological polar surface area (TPSA) is 20.2 Å². The molecule has 0 spiro atoms. The molecule has 24 heavy (non-hydrogen) atoms. The van der Waals surface area contributed by atoms with Crippen LogP contribution in [0.4, 0.5) is 0 Å². The lowest BCUT2D eigenvalue weighted by Crippen LogP contribution is -2.03. The molecule has 0 aromatic rings. The van der Waals surface area contributed by atoms with Crippen molar-refractivity contribution < 1.29 is 5.11 Å². The Labute approximate surface area is 154 Å². The van der Waals surface area contributed by atoms with E-state index in [0.717, 1.165) is 6.42 Å². The smallest absolute Gasteiger partial charge is 0.0431 e. The second-order valence-electron chi connectivity index (χ2n) is 9.04. The van der Waals surface area contributed by atoms with Gasteiger partial charge in [-0.15, -0.1) is 0 Å². The lowest BCUT2D eigenvalue weighted by Gasteiger charge is -2.17. The lowest BCUT2D eigenvalue weighted by atomic mass is 9.89. The van der Waals surface area contributed by atoms with Crippen molar-refractivity contribution in [1.82, 2.24) is 0 Å². The van der Waals surface area contributed by atoms with Gasteiger partial charge in [-0.25, -0.2) is 0 Å². The van der Waals surface area contributed by atoms with Gasteiger partial charge < -0.3 is 5.11 Å². The van der Waals surface area contributed by atoms with Gasteiger partial charge in [0.05, 0.1) is 0 Å². The van der Waals surface area contributed by atoms with E-state index >= 15 is 0 Å². The molecule has 0 amide bonds.